The molecule has 34 heavy (non-hydrogen) atoms. The molecule has 0 radical (unpaired) electrons. The number of nitrogens with one attached hydrogen (secondary N) is 3. The highest BCUT2D eigenvalue weighted by Gasteiger charge is 2.24. The molecule has 2 aromatic carbocycles. The third-order valence-corrected chi connectivity index (χ3v) is 6.00. The van der Waals surface area contributed by atoms with Gasteiger partial charge in [-0.1, -0.05) is 49.7 Å². The molecule has 1 aliphatic carbocycles. The van der Waals surface area contributed by atoms with Crippen LogP contribution in [0.5, 0.6) is 0 Å². The largest absolute Gasteiger partial charge is 0.358 e. The number of rotatable bonds is 10. The number of hydrogen-bond donors (Lipinski definition) is 3. The van der Waals surface area contributed by atoms with E-state index in [0.717, 1.165) is 30.4 Å². The molecule has 1 unspecified atom stereocenters. The molecule has 1 saturated carbocycles. The summed E-state index contributed by atoms with van der Waals surface area (Å²) in [6.07, 6.45) is 7.34. The molecule has 0 spiro atoms. The normalized spacial score (nSPS) is 13.8. The highest BCUT2D eigenvalue weighted by Crippen LogP contribution is 2.23. The molecule has 1 aromatic heterocycles. The maximum Gasteiger partial charge on any atom is 0.297 e. The summed E-state index contributed by atoms with van der Waals surface area (Å²) in [5, 5.41) is 14.6. The van der Waals surface area contributed by atoms with Gasteiger partial charge in [0.05, 0.1) is 11.7 Å². The fourth-order valence-corrected chi connectivity index (χ4v) is 3.96. The van der Waals surface area contributed by atoms with E-state index in [-0.39, 0.29) is 29.4 Å². The van der Waals surface area contributed by atoms with Gasteiger partial charge in [0.2, 0.25) is 0 Å². The zero-order valence-corrected chi connectivity index (χ0v) is 19.7. The monoisotopic (exact) mass is 457 g/mol. The lowest BCUT2D eigenvalue weighted by Gasteiger charge is -2.21. The lowest BCUT2D eigenvalue weighted by Crippen LogP contribution is -2.27. The first-order chi connectivity index (χ1) is 16.5. The average Bonchev–Trinajstić information content (AvgIpc) is 3.65. The van der Waals surface area contributed by atoms with E-state index >= 15 is 0 Å². The van der Waals surface area contributed by atoms with E-state index in [9.17, 15) is 9.59 Å². The predicted molar refractivity (Wildman–Crippen MR) is 135 cm³/mol. The van der Waals surface area contributed by atoms with Gasteiger partial charge in [-0.25, -0.2) is 4.98 Å². The molecule has 3 N–H and O–H groups in total. The van der Waals surface area contributed by atoms with Crippen LogP contribution in [0.25, 0.3) is 5.69 Å². The van der Waals surface area contributed by atoms with E-state index in [1.54, 1.807) is 24.5 Å². The summed E-state index contributed by atoms with van der Waals surface area (Å²) >= 11 is 0. The van der Waals surface area contributed by atoms with Crippen molar-refractivity contribution in [3.63, 3.8) is 0 Å². The first-order valence-corrected chi connectivity index (χ1v) is 11.8. The van der Waals surface area contributed by atoms with Gasteiger partial charge in [-0.15, -0.1) is 0 Å². The fourth-order valence-electron chi connectivity index (χ4n) is 3.96. The summed E-state index contributed by atoms with van der Waals surface area (Å²) < 4.78 is 1.53. The summed E-state index contributed by atoms with van der Waals surface area (Å²) in [6.45, 7) is 3.97. The molecule has 1 heterocycles. The molecule has 0 bridgehead atoms. The Bertz CT molecular complexity index is 1230. The average molecular weight is 458 g/mol. The Balaban J connectivity index is 1.65. The zero-order valence-electron chi connectivity index (χ0n) is 19.7. The summed E-state index contributed by atoms with van der Waals surface area (Å²) in [5.74, 6) is 0.0932. The first kappa shape index (κ1) is 23.4. The van der Waals surface area contributed by atoms with Crippen LogP contribution in [0.15, 0.2) is 65.7 Å². The number of anilines is 1. The number of nitrogens with zero attached hydrogens (tertiary/aromatic N) is 2. The van der Waals surface area contributed by atoms with E-state index < -0.39 is 0 Å². The van der Waals surface area contributed by atoms with Crippen LogP contribution in [0.1, 0.15) is 66.6 Å². The lowest BCUT2D eigenvalue weighted by atomic mass is 9.99. The molecule has 4 rings (SSSR count). The molecular weight excluding hydrogens is 426 g/mol. The first-order valence-electron chi connectivity index (χ1n) is 11.8. The molecule has 1 atom stereocenters. The number of hydrogen-bond acceptors (Lipinski definition) is 5. The van der Waals surface area contributed by atoms with Crippen molar-refractivity contribution in [2.75, 3.05) is 5.32 Å². The van der Waals surface area contributed by atoms with E-state index in [2.05, 4.69) is 22.5 Å². The van der Waals surface area contributed by atoms with Crippen LogP contribution in [-0.4, -0.2) is 27.2 Å². The van der Waals surface area contributed by atoms with E-state index in [4.69, 9.17) is 5.41 Å². The third-order valence-electron chi connectivity index (χ3n) is 6.00. The maximum absolute atomic E-state index is 13.5. The van der Waals surface area contributed by atoms with Crippen LogP contribution < -0.4 is 16.2 Å². The molecule has 7 heteroatoms. The molecule has 0 saturated heterocycles. The molecule has 176 valence electrons. The van der Waals surface area contributed by atoms with Crippen molar-refractivity contribution in [3.8, 4) is 5.69 Å². The van der Waals surface area contributed by atoms with Crippen LogP contribution in [0.2, 0.25) is 0 Å². The van der Waals surface area contributed by atoms with Gasteiger partial charge in [0, 0.05) is 36.1 Å². The van der Waals surface area contributed by atoms with Gasteiger partial charge in [-0.2, -0.15) is 0 Å². The number of carbonyl (C=O) groups is 1. The molecule has 7 nitrogen and oxygen atoms in total. The van der Waals surface area contributed by atoms with Gasteiger partial charge < -0.3 is 16.0 Å². The Morgan fingerprint density at radius 2 is 1.97 bits per heavy atom. The Morgan fingerprint density at radius 1 is 1.21 bits per heavy atom. The minimum Gasteiger partial charge on any atom is -0.358 e. The predicted octanol–water partition coefficient (Wildman–Crippen LogP) is 4.80. The van der Waals surface area contributed by atoms with Crippen LogP contribution >= 0.6 is 0 Å². The van der Waals surface area contributed by atoms with Crippen LogP contribution in [0, 0.1) is 12.3 Å². The SMILES string of the molecule is CCCC(=N)CC(Nc1nccn(-c2cc(C(=O)NC3CC3)ccc2C)c1=O)c1ccccc1. The van der Waals surface area contributed by atoms with Gasteiger partial charge in [-0.3, -0.25) is 14.2 Å². The fraction of sp³-hybridized carbons (Fsp3) is 0.333. The Kier molecular flexibility index (Phi) is 7.21. The van der Waals surface area contributed by atoms with Gasteiger partial charge in [0.15, 0.2) is 5.82 Å². The molecule has 0 aliphatic heterocycles. The Hall–Kier alpha value is -3.74. The summed E-state index contributed by atoms with van der Waals surface area (Å²) in [6, 6.07) is 15.2. The second kappa shape index (κ2) is 10.5. The van der Waals surface area contributed by atoms with Crippen molar-refractivity contribution < 1.29 is 4.79 Å². The highest BCUT2D eigenvalue weighted by atomic mass is 16.2. The maximum atomic E-state index is 13.5. The number of aromatic nitrogens is 2. The van der Waals surface area contributed by atoms with Crippen molar-refractivity contribution in [1.82, 2.24) is 14.9 Å². The second-order valence-corrected chi connectivity index (χ2v) is 8.87. The number of aryl methyl sites for hydroxylation is 1. The van der Waals surface area contributed by atoms with E-state index in [1.807, 2.05) is 43.3 Å². The summed E-state index contributed by atoms with van der Waals surface area (Å²) in [5.41, 5.74) is 3.38. The molecule has 1 amide bonds. The minimum absolute atomic E-state index is 0.122. The Morgan fingerprint density at radius 3 is 2.68 bits per heavy atom. The second-order valence-electron chi connectivity index (χ2n) is 8.87. The Labute approximate surface area is 199 Å². The number of carbonyl (C=O) groups excluding carboxylic acids is 1. The van der Waals surface area contributed by atoms with Gasteiger partial charge >= 0.3 is 0 Å². The van der Waals surface area contributed by atoms with E-state index in [0.29, 0.717) is 29.8 Å². The standard InChI is InChI=1S/C27H31N5O2/c1-3-7-21(28)17-23(19-8-5-4-6-9-19)31-25-27(34)32(15-14-29-25)24-16-20(11-10-18(24)2)26(33)30-22-12-13-22/h4-6,8-11,14-16,22-23,28H,3,7,12-13,17H2,1-2H3,(H,29,31)(H,30,33). The molecule has 1 fully saturated rings. The zero-order chi connectivity index (χ0) is 24.1. The number of amides is 1. The summed E-state index contributed by atoms with van der Waals surface area (Å²) in [4.78, 5) is 30.3. The third kappa shape index (κ3) is 5.60. The number of benzene rings is 2. The van der Waals surface area contributed by atoms with Crippen molar-refractivity contribution in [2.24, 2.45) is 0 Å². The quantitative estimate of drug-likeness (QED) is 0.381. The van der Waals surface area contributed by atoms with Crippen molar-refractivity contribution in [1.29, 1.82) is 5.41 Å². The van der Waals surface area contributed by atoms with E-state index in [1.165, 1.54) is 4.57 Å². The van der Waals surface area contributed by atoms with Crippen LogP contribution in [0.4, 0.5) is 5.82 Å². The molecule has 1 aliphatic rings. The van der Waals surface area contributed by atoms with Gasteiger partial charge in [-0.05, 0) is 49.4 Å². The molecular formula is C27H31N5O2. The van der Waals surface area contributed by atoms with Crippen molar-refractivity contribution in [3.05, 3.63) is 88.0 Å². The minimum atomic E-state index is -0.298. The van der Waals surface area contributed by atoms with Crippen molar-refractivity contribution >= 4 is 17.4 Å². The van der Waals surface area contributed by atoms with Crippen molar-refractivity contribution in [2.45, 2.75) is 58.0 Å². The topological polar surface area (TPSA) is 99.9 Å². The highest BCUT2D eigenvalue weighted by molar-refractivity contribution is 5.95. The molecule has 3 aromatic rings. The van der Waals surface area contributed by atoms with Gasteiger partial charge in [0.1, 0.15) is 0 Å². The lowest BCUT2D eigenvalue weighted by molar-refractivity contribution is 0.0951. The van der Waals surface area contributed by atoms with Crippen LogP contribution in [0.3, 0.4) is 0 Å². The van der Waals surface area contributed by atoms with Gasteiger partial charge in [0.25, 0.3) is 11.5 Å². The summed E-state index contributed by atoms with van der Waals surface area (Å²) in [7, 11) is 0. The smallest absolute Gasteiger partial charge is 0.297 e. The van der Waals surface area contributed by atoms with Crippen LogP contribution in [-0.2, 0) is 0 Å².